The molecule has 1 aliphatic heterocycles. The van der Waals surface area contributed by atoms with Gasteiger partial charge in [-0.2, -0.15) is 0 Å². The fourth-order valence-corrected chi connectivity index (χ4v) is 5.05. The summed E-state index contributed by atoms with van der Waals surface area (Å²) in [6.45, 7) is 0.986. The third-order valence-electron chi connectivity index (χ3n) is 6.74. The van der Waals surface area contributed by atoms with Crippen LogP contribution in [0.4, 0.5) is 14.5 Å². The molecule has 1 spiro atoms. The molecule has 2 fully saturated rings. The van der Waals surface area contributed by atoms with Crippen molar-refractivity contribution in [1.29, 1.82) is 0 Å². The summed E-state index contributed by atoms with van der Waals surface area (Å²) in [6, 6.07) is 1.63. The number of carbonyl (C=O) groups is 3. The van der Waals surface area contributed by atoms with Gasteiger partial charge in [0.2, 0.25) is 5.91 Å². The average molecular weight is 510 g/mol. The number of anilines is 1. The van der Waals surface area contributed by atoms with Gasteiger partial charge in [-0.25, -0.2) is 13.8 Å². The van der Waals surface area contributed by atoms with E-state index in [1.807, 2.05) is 0 Å². The van der Waals surface area contributed by atoms with Crippen molar-refractivity contribution >= 4 is 35.0 Å². The Morgan fingerprint density at radius 2 is 1.94 bits per heavy atom. The molecule has 35 heavy (non-hydrogen) atoms. The maximum absolute atomic E-state index is 13.8. The predicted octanol–water partition coefficient (Wildman–Crippen LogP) is 2.81. The Morgan fingerprint density at radius 1 is 1.23 bits per heavy atom. The summed E-state index contributed by atoms with van der Waals surface area (Å²) in [6.07, 6.45) is 4.00. The fraction of sp³-hybridized carbons (Fsp3) is 0.478. The van der Waals surface area contributed by atoms with Gasteiger partial charge in [-0.05, 0) is 38.2 Å². The van der Waals surface area contributed by atoms with Crippen LogP contribution in [0.25, 0.3) is 0 Å². The smallest absolute Gasteiger partial charge is 0.272 e. The zero-order chi connectivity index (χ0) is 25.2. The van der Waals surface area contributed by atoms with Crippen LogP contribution in [0.1, 0.15) is 53.1 Å². The summed E-state index contributed by atoms with van der Waals surface area (Å²) >= 11 is 6.08. The quantitative estimate of drug-likeness (QED) is 0.392. The van der Waals surface area contributed by atoms with Crippen LogP contribution in [0.2, 0.25) is 5.02 Å². The van der Waals surface area contributed by atoms with E-state index < -0.39 is 28.9 Å². The maximum Gasteiger partial charge on any atom is 0.272 e. The van der Waals surface area contributed by atoms with Crippen LogP contribution >= 0.6 is 11.6 Å². The molecule has 1 aliphatic carbocycles. The van der Waals surface area contributed by atoms with E-state index in [0.29, 0.717) is 51.8 Å². The second-order valence-electron chi connectivity index (χ2n) is 8.83. The van der Waals surface area contributed by atoms with Gasteiger partial charge in [0.25, 0.3) is 11.8 Å². The summed E-state index contributed by atoms with van der Waals surface area (Å²) in [5.74, 6) is -3.23. The van der Waals surface area contributed by atoms with Gasteiger partial charge in [-0.15, -0.1) is 0 Å². The van der Waals surface area contributed by atoms with Crippen molar-refractivity contribution in [3.05, 3.63) is 46.5 Å². The molecule has 188 valence electrons. The van der Waals surface area contributed by atoms with Gasteiger partial charge in [-0.3, -0.25) is 14.4 Å². The van der Waals surface area contributed by atoms with E-state index in [1.165, 1.54) is 18.3 Å². The van der Waals surface area contributed by atoms with Crippen molar-refractivity contribution < 1.29 is 27.9 Å². The highest BCUT2D eigenvalue weighted by molar-refractivity contribution is 6.34. The van der Waals surface area contributed by atoms with Crippen molar-refractivity contribution in [3.63, 3.8) is 0 Å². The Morgan fingerprint density at radius 3 is 2.66 bits per heavy atom. The number of carbonyl (C=O) groups excluding carboxylic acids is 3. The van der Waals surface area contributed by atoms with Gasteiger partial charge < -0.3 is 25.3 Å². The van der Waals surface area contributed by atoms with Crippen molar-refractivity contribution in [2.24, 2.45) is 5.41 Å². The van der Waals surface area contributed by atoms with Crippen LogP contribution in [0, 0.1) is 17.0 Å². The largest absolute Gasteiger partial charge is 0.383 e. The fourth-order valence-electron chi connectivity index (χ4n) is 4.80. The lowest BCUT2D eigenvalue weighted by Gasteiger charge is -2.36. The summed E-state index contributed by atoms with van der Waals surface area (Å²) in [4.78, 5) is 46.5. The van der Waals surface area contributed by atoms with Crippen molar-refractivity contribution in [2.75, 3.05) is 31.7 Å². The molecular formula is C23H26ClF2N5O4. The molecule has 1 aromatic heterocycles. The number of imidazole rings is 1. The minimum Gasteiger partial charge on any atom is -0.383 e. The first-order valence-corrected chi connectivity index (χ1v) is 11.7. The molecule has 0 bridgehead atoms. The van der Waals surface area contributed by atoms with Crippen LogP contribution in [-0.2, 0) is 9.53 Å². The highest BCUT2D eigenvalue weighted by atomic mass is 35.5. The van der Waals surface area contributed by atoms with E-state index in [-0.39, 0.29) is 34.0 Å². The standard InChI is InChI=1S/C23H26ClF2N5O4/c1-35-9-7-27-20(32)18-19(29-12-28-18)21(33)30-13-2-4-23(5-3-13)6-8-31(22(23)34)17-11-16(26)15(25)10-14(17)24/h10-13H,2-9H2,1H3,(H,27,32)(H,28,29)(H,30,33). The number of nitrogens with one attached hydrogen (secondary N) is 3. The molecule has 3 amide bonds. The molecule has 1 saturated carbocycles. The molecule has 12 heteroatoms. The highest BCUT2D eigenvalue weighted by Crippen LogP contribution is 2.47. The number of hydrogen-bond donors (Lipinski definition) is 3. The van der Waals surface area contributed by atoms with E-state index in [0.717, 1.165) is 12.1 Å². The Hall–Kier alpha value is -3.05. The molecule has 0 unspecified atom stereocenters. The van der Waals surface area contributed by atoms with Crippen LogP contribution in [0.15, 0.2) is 18.5 Å². The molecule has 2 aromatic rings. The molecule has 2 heterocycles. The lowest BCUT2D eigenvalue weighted by atomic mass is 9.71. The number of amides is 3. The maximum atomic E-state index is 13.8. The monoisotopic (exact) mass is 509 g/mol. The Labute approximate surface area is 205 Å². The minimum atomic E-state index is -1.07. The SMILES string of the molecule is COCCNC(=O)c1[nH]cnc1C(=O)NC1CCC2(CC1)CCN(c1cc(F)c(F)cc1Cl)C2=O. The van der Waals surface area contributed by atoms with E-state index in [1.54, 1.807) is 0 Å². The topological polar surface area (TPSA) is 116 Å². The zero-order valence-corrected chi connectivity index (χ0v) is 19.9. The van der Waals surface area contributed by atoms with Gasteiger partial charge in [0.1, 0.15) is 5.69 Å². The van der Waals surface area contributed by atoms with E-state index >= 15 is 0 Å². The molecule has 0 radical (unpaired) electrons. The lowest BCUT2D eigenvalue weighted by molar-refractivity contribution is -0.127. The lowest BCUT2D eigenvalue weighted by Crippen LogP contribution is -2.44. The molecule has 3 N–H and O–H groups in total. The average Bonchev–Trinajstić information content (AvgIpc) is 3.44. The van der Waals surface area contributed by atoms with Gasteiger partial charge in [-0.1, -0.05) is 11.6 Å². The van der Waals surface area contributed by atoms with Crippen molar-refractivity contribution in [1.82, 2.24) is 20.6 Å². The van der Waals surface area contributed by atoms with Crippen LogP contribution in [-0.4, -0.2) is 60.5 Å². The Bertz CT molecular complexity index is 1130. The van der Waals surface area contributed by atoms with Gasteiger partial charge in [0.05, 0.1) is 29.1 Å². The second-order valence-corrected chi connectivity index (χ2v) is 9.23. The molecule has 1 saturated heterocycles. The summed E-state index contributed by atoms with van der Waals surface area (Å²) in [7, 11) is 1.52. The van der Waals surface area contributed by atoms with Crippen LogP contribution in [0.5, 0.6) is 0 Å². The number of benzene rings is 1. The number of aromatic nitrogens is 2. The first kappa shape index (κ1) is 25.1. The van der Waals surface area contributed by atoms with E-state index in [2.05, 4.69) is 20.6 Å². The third-order valence-corrected chi connectivity index (χ3v) is 7.05. The molecule has 0 atom stereocenters. The Balaban J connectivity index is 1.36. The Kier molecular flexibility index (Phi) is 7.36. The van der Waals surface area contributed by atoms with Gasteiger partial charge in [0.15, 0.2) is 17.3 Å². The highest BCUT2D eigenvalue weighted by Gasteiger charge is 2.49. The van der Waals surface area contributed by atoms with Crippen LogP contribution in [0.3, 0.4) is 0 Å². The summed E-state index contributed by atoms with van der Waals surface area (Å²) in [5.41, 5.74) is -0.404. The number of H-pyrrole nitrogens is 1. The number of hydrogen-bond acceptors (Lipinski definition) is 5. The normalized spacial score (nSPS) is 22.0. The molecule has 9 nitrogen and oxygen atoms in total. The third kappa shape index (κ3) is 5.01. The molecule has 2 aliphatic rings. The molecular weight excluding hydrogens is 484 g/mol. The molecule has 4 rings (SSSR count). The predicted molar refractivity (Wildman–Crippen MR) is 123 cm³/mol. The van der Waals surface area contributed by atoms with E-state index in [4.69, 9.17) is 16.3 Å². The number of ether oxygens (including phenoxy) is 1. The van der Waals surface area contributed by atoms with Crippen molar-refractivity contribution in [2.45, 2.75) is 38.1 Å². The second kappa shape index (κ2) is 10.3. The summed E-state index contributed by atoms with van der Waals surface area (Å²) < 4.78 is 32.1. The number of aromatic amines is 1. The van der Waals surface area contributed by atoms with Crippen molar-refractivity contribution in [3.8, 4) is 0 Å². The molecule has 1 aromatic carbocycles. The zero-order valence-electron chi connectivity index (χ0n) is 19.1. The van der Waals surface area contributed by atoms with Gasteiger partial charge >= 0.3 is 0 Å². The number of rotatable bonds is 7. The number of halogens is 3. The minimum absolute atomic E-state index is 0.00343. The first-order valence-electron chi connectivity index (χ1n) is 11.3. The number of nitrogens with zero attached hydrogens (tertiary/aromatic N) is 2. The van der Waals surface area contributed by atoms with Gasteiger partial charge in [0, 0.05) is 32.3 Å². The van der Waals surface area contributed by atoms with E-state index in [9.17, 15) is 23.2 Å². The summed E-state index contributed by atoms with van der Waals surface area (Å²) in [5, 5.41) is 5.53. The number of methoxy groups -OCH3 is 1. The first-order chi connectivity index (χ1) is 16.8. The van der Waals surface area contributed by atoms with Crippen LogP contribution < -0.4 is 15.5 Å².